The summed E-state index contributed by atoms with van der Waals surface area (Å²) in [5, 5.41) is 21.8. The third kappa shape index (κ3) is 3.18. The molecule has 22 heavy (non-hydrogen) atoms. The van der Waals surface area contributed by atoms with Crippen LogP contribution in [0.4, 0.5) is 0 Å². The first-order chi connectivity index (χ1) is 10.6. The molecule has 0 saturated heterocycles. The number of aliphatic hydroxyl groups excluding tert-OH is 2. The van der Waals surface area contributed by atoms with Gasteiger partial charge in [-0.1, -0.05) is 30.3 Å². The summed E-state index contributed by atoms with van der Waals surface area (Å²) in [6.07, 6.45) is 0. The van der Waals surface area contributed by atoms with Crippen molar-refractivity contribution >= 4 is 11.7 Å². The number of aliphatic hydroxyl groups is 2. The maximum absolute atomic E-state index is 12.3. The van der Waals surface area contributed by atoms with Crippen LogP contribution in [0.2, 0.25) is 0 Å². The lowest BCUT2D eigenvalue weighted by molar-refractivity contribution is -0.129. The van der Waals surface area contributed by atoms with Crippen LogP contribution in [0.15, 0.2) is 41.7 Å². The molecule has 1 amide bonds. The fraction of sp³-hybridized carbons (Fsp3) is 0.375. The topological polar surface area (TPSA) is 89.9 Å². The molecule has 1 aromatic rings. The normalized spacial score (nSPS) is 18.2. The van der Waals surface area contributed by atoms with E-state index in [0.717, 1.165) is 5.56 Å². The van der Waals surface area contributed by atoms with E-state index in [2.05, 4.69) is 5.32 Å². The van der Waals surface area contributed by atoms with E-state index in [1.807, 2.05) is 30.3 Å². The van der Waals surface area contributed by atoms with Gasteiger partial charge in [-0.05, 0) is 12.5 Å². The van der Waals surface area contributed by atoms with Crippen molar-refractivity contribution in [2.45, 2.75) is 13.0 Å². The highest BCUT2D eigenvalue weighted by Gasteiger charge is 2.41. The van der Waals surface area contributed by atoms with Crippen LogP contribution in [0.3, 0.4) is 0 Å². The first kappa shape index (κ1) is 16.2. The molecule has 1 aliphatic heterocycles. The summed E-state index contributed by atoms with van der Waals surface area (Å²) in [5.74, 6) is -1.32. The van der Waals surface area contributed by atoms with Crippen molar-refractivity contribution in [1.82, 2.24) is 10.2 Å². The van der Waals surface area contributed by atoms with Gasteiger partial charge in [0.25, 0.3) is 5.91 Å². The van der Waals surface area contributed by atoms with Crippen molar-refractivity contribution in [3.63, 3.8) is 0 Å². The van der Waals surface area contributed by atoms with Crippen LogP contribution in [0.1, 0.15) is 18.5 Å². The summed E-state index contributed by atoms with van der Waals surface area (Å²) in [7, 11) is 0. The number of ketones is 1. The van der Waals surface area contributed by atoms with Crippen LogP contribution in [0.5, 0.6) is 0 Å². The molecule has 0 saturated carbocycles. The van der Waals surface area contributed by atoms with Crippen LogP contribution in [-0.2, 0) is 9.59 Å². The van der Waals surface area contributed by atoms with Gasteiger partial charge in [0.2, 0.25) is 0 Å². The minimum atomic E-state index is -0.567. The second kappa shape index (κ2) is 7.20. The van der Waals surface area contributed by atoms with Gasteiger partial charge in [-0.3, -0.25) is 9.59 Å². The molecule has 0 aromatic heterocycles. The summed E-state index contributed by atoms with van der Waals surface area (Å²) >= 11 is 0. The van der Waals surface area contributed by atoms with Gasteiger partial charge in [0, 0.05) is 19.6 Å². The van der Waals surface area contributed by atoms with Gasteiger partial charge in [0.1, 0.15) is 0 Å². The van der Waals surface area contributed by atoms with Gasteiger partial charge >= 0.3 is 0 Å². The molecule has 0 fully saturated rings. The van der Waals surface area contributed by atoms with E-state index >= 15 is 0 Å². The Balaban J connectivity index is 2.28. The summed E-state index contributed by atoms with van der Waals surface area (Å²) < 4.78 is 0. The van der Waals surface area contributed by atoms with Gasteiger partial charge < -0.3 is 20.4 Å². The zero-order chi connectivity index (χ0) is 16.1. The lowest BCUT2D eigenvalue weighted by atomic mass is 9.97. The van der Waals surface area contributed by atoms with Crippen molar-refractivity contribution in [1.29, 1.82) is 0 Å². The second-order valence-electron chi connectivity index (χ2n) is 5.10. The molecule has 3 N–H and O–H groups in total. The van der Waals surface area contributed by atoms with Crippen LogP contribution in [0, 0.1) is 0 Å². The molecule has 1 atom stereocenters. The molecule has 118 valence electrons. The first-order valence-electron chi connectivity index (χ1n) is 7.19. The zero-order valence-electron chi connectivity index (χ0n) is 12.5. The summed E-state index contributed by atoms with van der Waals surface area (Å²) in [6.45, 7) is 2.59. The quantitative estimate of drug-likeness (QED) is 0.640. The lowest BCUT2D eigenvalue weighted by Gasteiger charge is -2.26. The minimum absolute atomic E-state index is 0.0122. The molecule has 1 aliphatic rings. The first-order valence-corrected chi connectivity index (χ1v) is 7.19. The van der Waals surface area contributed by atoms with Crippen molar-refractivity contribution in [2.24, 2.45) is 0 Å². The Kier molecular flexibility index (Phi) is 5.30. The number of nitrogens with one attached hydrogen (secondary N) is 1. The SMILES string of the molecule is CC(=O)C1=C(O)C(=O)N(CCNCCO)C1c1ccccc1. The minimum Gasteiger partial charge on any atom is -0.503 e. The molecule has 0 aliphatic carbocycles. The van der Waals surface area contributed by atoms with Crippen LogP contribution < -0.4 is 5.32 Å². The molecular formula is C16H20N2O4. The standard InChI is InChI=1S/C16H20N2O4/c1-11(20)13-14(12-5-3-2-4-6-12)18(16(22)15(13)21)9-7-17-8-10-19/h2-6,14,17,19,21H,7-10H2,1H3. The Hall–Kier alpha value is -2.18. The average molecular weight is 304 g/mol. The van der Waals surface area contributed by atoms with E-state index in [-0.39, 0.29) is 18.0 Å². The lowest BCUT2D eigenvalue weighted by Crippen LogP contribution is -2.37. The Morgan fingerprint density at radius 3 is 2.55 bits per heavy atom. The largest absolute Gasteiger partial charge is 0.503 e. The van der Waals surface area contributed by atoms with E-state index in [1.165, 1.54) is 11.8 Å². The summed E-state index contributed by atoms with van der Waals surface area (Å²) in [5.41, 5.74) is 0.922. The molecule has 0 radical (unpaired) electrons. The van der Waals surface area contributed by atoms with Crippen molar-refractivity contribution in [3.05, 3.63) is 47.2 Å². The van der Waals surface area contributed by atoms with Crippen molar-refractivity contribution < 1.29 is 19.8 Å². The van der Waals surface area contributed by atoms with Crippen molar-refractivity contribution in [3.8, 4) is 0 Å². The number of Topliss-reactive ketones (excluding diaryl/α,β-unsaturated/α-hetero) is 1. The molecule has 6 nitrogen and oxygen atoms in total. The molecule has 1 unspecified atom stereocenters. The van der Waals surface area contributed by atoms with Gasteiger partial charge in [0.05, 0.1) is 18.2 Å². The van der Waals surface area contributed by atoms with Gasteiger partial charge in [-0.15, -0.1) is 0 Å². The molecule has 1 heterocycles. The van der Waals surface area contributed by atoms with E-state index in [1.54, 1.807) is 0 Å². The average Bonchev–Trinajstić information content (AvgIpc) is 2.77. The molecule has 6 heteroatoms. The fourth-order valence-corrected chi connectivity index (χ4v) is 2.63. The third-order valence-corrected chi connectivity index (χ3v) is 3.62. The van der Waals surface area contributed by atoms with Gasteiger partial charge in [0.15, 0.2) is 11.5 Å². The molecule has 1 aromatic carbocycles. The summed E-state index contributed by atoms with van der Waals surface area (Å²) in [4.78, 5) is 25.6. The highest BCUT2D eigenvalue weighted by Crippen LogP contribution is 2.37. The molecule has 0 spiro atoms. The van der Waals surface area contributed by atoms with E-state index in [4.69, 9.17) is 5.11 Å². The maximum atomic E-state index is 12.3. The summed E-state index contributed by atoms with van der Waals surface area (Å²) in [6, 6.07) is 8.60. The zero-order valence-corrected chi connectivity index (χ0v) is 12.5. The number of rotatable bonds is 7. The monoisotopic (exact) mass is 304 g/mol. The number of carbonyl (C=O) groups is 2. The van der Waals surface area contributed by atoms with Crippen molar-refractivity contribution in [2.75, 3.05) is 26.2 Å². The number of nitrogens with zero attached hydrogens (tertiary/aromatic N) is 1. The highest BCUT2D eigenvalue weighted by molar-refractivity contribution is 6.08. The fourth-order valence-electron chi connectivity index (χ4n) is 2.63. The second-order valence-corrected chi connectivity index (χ2v) is 5.10. The predicted octanol–water partition coefficient (Wildman–Crippen LogP) is 0.553. The molecule has 2 rings (SSSR count). The van der Waals surface area contributed by atoms with Crippen LogP contribution in [0.25, 0.3) is 0 Å². The van der Waals surface area contributed by atoms with E-state index in [0.29, 0.717) is 19.6 Å². The Labute approximate surface area is 129 Å². The van der Waals surface area contributed by atoms with E-state index < -0.39 is 17.7 Å². The number of carbonyl (C=O) groups excluding carboxylic acids is 2. The van der Waals surface area contributed by atoms with Gasteiger partial charge in [-0.25, -0.2) is 0 Å². The van der Waals surface area contributed by atoms with Crippen LogP contribution >= 0.6 is 0 Å². The number of amides is 1. The van der Waals surface area contributed by atoms with Gasteiger partial charge in [-0.2, -0.15) is 0 Å². The Morgan fingerprint density at radius 2 is 1.95 bits per heavy atom. The van der Waals surface area contributed by atoms with E-state index in [9.17, 15) is 14.7 Å². The Morgan fingerprint density at radius 1 is 1.27 bits per heavy atom. The maximum Gasteiger partial charge on any atom is 0.290 e. The number of hydrogen-bond donors (Lipinski definition) is 3. The molecule has 0 bridgehead atoms. The van der Waals surface area contributed by atoms with Crippen LogP contribution in [-0.4, -0.2) is 53.0 Å². The highest BCUT2D eigenvalue weighted by atomic mass is 16.3. The smallest absolute Gasteiger partial charge is 0.290 e. The third-order valence-electron chi connectivity index (χ3n) is 3.62. The Bertz CT molecular complexity index is 583. The number of hydrogen-bond acceptors (Lipinski definition) is 5. The number of benzene rings is 1. The predicted molar refractivity (Wildman–Crippen MR) is 81.2 cm³/mol. The molecular weight excluding hydrogens is 284 g/mol.